The molecule has 3 aliphatic rings. The Labute approximate surface area is 159 Å². The number of hydrogen-bond acceptors (Lipinski definition) is 5. The molecule has 8 heteroatoms. The number of imide groups is 1. The van der Waals surface area contributed by atoms with Gasteiger partial charge in [-0.15, -0.1) is 11.3 Å². The molecule has 0 bridgehead atoms. The minimum atomic E-state index is -0.591. The lowest BCUT2D eigenvalue weighted by Gasteiger charge is -2.34. The first kappa shape index (κ1) is 16.6. The van der Waals surface area contributed by atoms with E-state index in [9.17, 15) is 19.7 Å². The van der Waals surface area contributed by atoms with Gasteiger partial charge >= 0.3 is 0 Å². The number of hydrogen-bond donors (Lipinski definition) is 1. The van der Waals surface area contributed by atoms with Gasteiger partial charge in [-0.05, 0) is 30.4 Å². The van der Waals surface area contributed by atoms with Crippen LogP contribution in [0, 0.1) is 16.0 Å². The van der Waals surface area contributed by atoms with Crippen molar-refractivity contribution in [2.75, 3.05) is 13.2 Å². The Morgan fingerprint density at radius 3 is 2.78 bits per heavy atom. The van der Waals surface area contributed by atoms with E-state index >= 15 is 0 Å². The van der Waals surface area contributed by atoms with Gasteiger partial charge in [0.05, 0.1) is 17.0 Å². The molecule has 2 amide bonds. The third kappa shape index (κ3) is 2.51. The Kier molecular flexibility index (Phi) is 3.66. The number of rotatable bonds is 4. The second-order valence-electron chi connectivity index (χ2n) is 7.43. The summed E-state index contributed by atoms with van der Waals surface area (Å²) in [6, 6.07) is 6.73. The zero-order chi connectivity index (χ0) is 18.7. The van der Waals surface area contributed by atoms with Crippen LogP contribution in [0.5, 0.6) is 0 Å². The first-order chi connectivity index (χ1) is 13.1. The highest BCUT2D eigenvalue weighted by atomic mass is 32.1. The molecule has 27 heavy (non-hydrogen) atoms. The number of benzene rings is 1. The average molecular weight is 384 g/mol. The predicted octanol–water partition coefficient (Wildman–Crippen LogP) is 1.80. The highest BCUT2D eigenvalue weighted by Crippen LogP contribution is 2.42. The van der Waals surface area contributed by atoms with E-state index in [1.807, 2.05) is 0 Å². The summed E-state index contributed by atoms with van der Waals surface area (Å²) in [6.45, 7) is 1.13. The molecule has 2 atom stereocenters. The minimum Gasteiger partial charge on any atom is -0.311 e. The van der Waals surface area contributed by atoms with Crippen LogP contribution in [-0.4, -0.2) is 34.9 Å². The maximum atomic E-state index is 12.9. The summed E-state index contributed by atoms with van der Waals surface area (Å²) in [4.78, 5) is 40.2. The predicted molar refractivity (Wildman–Crippen MR) is 97.8 cm³/mol. The Morgan fingerprint density at radius 2 is 2.04 bits per heavy atom. The second-order valence-corrected chi connectivity index (χ2v) is 8.43. The quantitative estimate of drug-likeness (QED) is 0.495. The number of nitrogens with zero attached hydrogens (tertiary/aromatic N) is 2. The van der Waals surface area contributed by atoms with Crippen molar-refractivity contribution >= 4 is 28.8 Å². The number of amides is 2. The second kappa shape index (κ2) is 5.97. The molecular weight excluding hydrogens is 366 g/mol. The lowest BCUT2D eigenvalue weighted by atomic mass is 9.96. The molecule has 0 saturated heterocycles. The molecule has 5 rings (SSSR count). The van der Waals surface area contributed by atoms with Crippen molar-refractivity contribution in [2.45, 2.75) is 25.3 Å². The maximum Gasteiger partial charge on any atom is 0.282 e. The van der Waals surface area contributed by atoms with Gasteiger partial charge in [-0.2, -0.15) is 0 Å². The van der Waals surface area contributed by atoms with Crippen LogP contribution in [0.25, 0.3) is 0 Å². The van der Waals surface area contributed by atoms with Crippen LogP contribution in [0.15, 0.2) is 29.6 Å². The van der Waals surface area contributed by atoms with Gasteiger partial charge in [-0.25, -0.2) is 4.90 Å². The van der Waals surface area contributed by atoms with E-state index in [2.05, 4.69) is 11.4 Å². The molecule has 1 fully saturated rings. The summed E-state index contributed by atoms with van der Waals surface area (Å²) >= 11 is 1.78. The number of nitro groups is 1. The fraction of sp³-hybridized carbons (Fsp3) is 0.368. The third-order valence-corrected chi connectivity index (χ3v) is 6.85. The first-order valence-corrected chi connectivity index (χ1v) is 9.98. The average Bonchev–Trinajstić information content (AvgIpc) is 3.34. The summed E-state index contributed by atoms with van der Waals surface area (Å²) in [6.07, 6.45) is 3.29. The fourth-order valence-electron chi connectivity index (χ4n) is 4.49. The van der Waals surface area contributed by atoms with Crippen LogP contribution in [0.1, 0.15) is 50.0 Å². The van der Waals surface area contributed by atoms with Gasteiger partial charge < -0.3 is 4.90 Å². The van der Waals surface area contributed by atoms with E-state index in [-0.39, 0.29) is 23.5 Å². The molecular formula is C19H18N3O4S+. The molecule has 1 aliphatic carbocycles. The molecule has 7 nitrogen and oxygen atoms in total. The van der Waals surface area contributed by atoms with Crippen LogP contribution >= 0.6 is 11.3 Å². The van der Waals surface area contributed by atoms with E-state index in [0.29, 0.717) is 12.0 Å². The highest BCUT2D eigenvalue weighted by Gasteiger charge is 2.47. The van der Waals surface area contributed by atoms with Gasteiger partial charge in [0.25, 0.3) is 17.5 Å². The van der Waals surface area contributed by atoms with E-state index < -0.39 is 16.7 Å². The fourth-order valence-corrected chi connectivity index (χ4v) is 5.42. The molecule has 0 radical (unpaired) electrons. The van der Waals surface area contributed by atoms with Crippen molar-refractivity contribution in [3.8, 4) is 0 Å². The van der Waals surface area contributed by atoms with Crippen molar-refractivity contribution in [1.29, 1.82) is 0 Å². The van der Waals surface area contributed by atoms with Crippen LogP contribution in [0.2, 0.25) is 0 Å². The molecule has 1 N–H and O–H groups in total. The minimum absolute atomic E-state index is 0.0666. The van der Waals surface area contributed by atoms with Crippen molar-refractivity contribution in [1.82, 2.24) is 4.90 Å². The summed E-state index contributed by atoms with van der Waals surface area (Å²) in [5.41, 5.74) is 1.14. The number of carbonyl (C=O) groups excluding carboxylic acids is 2. The smallest absolute Gasteiger partial charge is 0.282 e. The summed E-state index contributed by atoms with van der Waals surface area (Å²) in [5.74, 6) is -0.365. The van der Waals surface area contributed by atoms with Gasteiger partial charge in [0.2, 0.25) is 0 Å². The monoisotopic (exact) mass is 384 g/mol. The molecule has 1 aromatic carbocycles. The summed E-state index contributed by atoms with van der Waals surface area (Å²) in [5, 5.41) is 13.4. The van der Waals surface area contributed by atoms with Crippen molar-refractivity contribution < 1.29 is 19.4 Å². The highest BCUT2D eigenvalue weighted by molar-refractivity contribution is 7.10. The number of carbonyl (C=O) groups is 2. The molecule has 1 saturated carbocycles. The molecule has 1 unspecified atom stereocenters. The standard InChI is InChI=1S/C19H17N3O4S/c23-18-13-2-1-3-14(22(25)26)16(13)19(24)21(18)10-20-8-6-15-12(7-9-27-15)17(20)11-4-5-11/h1-3,7,9,11,17H,4-6,8,10H2/p+1/t17-/m1/s1. The van der Waals surface area contributed by atoms with Crippen LogP contribution in [0.4, 0.5) is 5.69 Å². The lowest BCUT2D eigenvalue weighted by molar-refractivity contribution is -0.942. The Morgan fingerprint density at radius 1 is 1.22 bits per heavy atom. The summed E-state index contributed by atoms with van der Waals surface area (Å²) in [7, 11) is 0. The third-order valence-electron chi connectivity index (χ3n) is 5.86. The molecule has 138 valence electrons. The van der Waals surface area contributed by atoms with E-state index in [1.54, 1.807) is 11.3 Å². The van der Waals surface area contributed by atoms with E-state index in [0.717, 1.165) is 13.0 Å². The molecule has 2 aromatic rings. The number of quaternary nitrogens is 1. The van der Waals surface area contributed by atoms with Gasteiger partial charge in [-0.1, -0.05) is 6.07 Å². The van der Waals surface area contributed by atoms with Crippen LogP contribution in [0.3, 0.4) is 0 Å². The maximum absolute atomic E-state index is 12.9. The largest absolute Gasteiger partial charge is 0.311 e. The van der Waals surface area contributed by atoms with Gasteiger partial charge in [0, 0.05) is 28.8 Å². The SMILES string of the molecule is O=C1c2cccc([N+](=O)[O-])c2C(=O)N1C[NH+]1CCc2sccc2[C@H]1C1CC1. The summed E-state index contributed by atoms with van der Waals surface area (Å²) < 4.78 is 0. The Balaban J connectivity index is 1.46. The first-order valence-electron chi connectivity index (χ1n) is 9.10. The number of nitro benzene ring substituents is 1. The number of nitrogens with one attached hydrogen (secondary N) is 1. The number of fused-ring (bicyclic) bond motifs is 2. The molecule has 3 heterocycles. The molecule has 2 aliphatic heterocycles. The van der Waals surface area contributed by atoms with Crippen LogP contribution in [-0.2, 0) is 6.42 Å². The normalized spacial score (nSPS) is 24.1. The Hall–Kier alpha value is -2.58. The van der Waals surface area contributed by atoms with Gasteiger partial charge in [0.1, 0.15) is 11.6 Å². The van der Waals surface area contributed by atoms with Crippen LogP contribution < -0.4 is 4.90 Å². The topological polar surface area (TPSA) is 85.0 Å². The molecule has 0 spiro atoms. The molecule has 1 aromatic heterocycles. The van der Waals surface area contributed by atoms with E-state index in [1.165, 1.54) is 51.3 Å². The van der Waals surface area contributed by atoms with Gasteiger partial charge in [0.15, 0.2) is 6.67 Å². The Bertz CT molecular complexity index is 981. The number of thiophene rings is 1. The zero-order valence-electron chi connectivity index (χ0n) is 14.5. The van der Waals surface area contributed by atoms with Crippen molar-refractivity contribution in [3.05, 3.63) is 61.3 Å². The van der Waals surface area contributed by atoms with E-state index in [4.69, 9.17) is 0 Å². The zero-order valence-corrected chi connectivity index (χ0v) is 15.3. The van der Waals surface area contributed by atoms with Crippen molar-refractivity contribution in [3.63, 3.8) is 0 Å². The van der Waals surface area contributed by atoms with Gasteiger partial charge in [-0.3, -0.25) is 19.7 Å². The lowest BCUT2D eigenvalue weighted by Crippen LogP contribution is -3.15. The van der Waals surface area contributed by atoms with Crippen molar-refractivity contribution in [2.24, 2.45) is 5.92 Å².